The van der Waals surface area contributed by atoms with Crippen molar-refractivity contribution in [2.45, 2.75) is 45.1 Å². The summed E-state index contributed by atoms with van der Waals surface area (Å²) in [6.45, 7) is 2.03. The van der Waals surface area contributed by atoms with Gasteiger partial charge in [-0.05, 0) is 48.9 Å². The molecule has 0 saturated heterocycles. The van der Waals surface area contributed by atoms with Gasteiger partial charge in [0.05, 0.1) is 7.11 Å². The van der Waals surface area contributed by atoms with E-state index in [0.29, 0.717) is 6.42 Å². The molecule has 0 fully saturated rings. The Kier molecular flexibility index (Phi) is 4.24. The monoisotopic (exact) mass is 248 g/mol. The van der Waals surface area contributed by atoms with E-state index in [-0.39, 0.29) is 5.97 Å². The molecule has 3 heteroatoms. The van der Waals surface area contributed by atoms with E-state index in [0.717, 1.165) is 25.0 Å². The highest BCUT2D eigenvalue weighted by Crippen LogP contribution is 2.27. The summed E-state index contributed by atoms with van der Waals surface area (Å²) in [5.74, 6) is 0.483. The lowest BCUT2D eigenvalue weighted by Gasteiger charge is -2.16. The Bertz CT molecular complexity index is 426. The van der Waals surface area contributed by atoms with Gasteiger partial charge in [-0.1, -0.05) is 19.4 Å². The molecule has 18 heavy (non-hydrogen) atoms. The summed E-state index contributed by atoms with van der Waals surface area (Å²) in [6, 6.07) is 6.13. The van der Waals surface area contributed by atoms with Crippen LogP contribution < -0.4 is 4.74 Å². The fraction of sp³-hybridized carbons (Fsp3) is 0.533. The molecule has 1 aromatic carbocycles. The number of hydrogen-bond donors (Lipinski definition) is 0. The van der Waals surface area contributed by atoms with Crippen molar-refractivity contribution in [2.24, 2.45) is 0 Å². The largest absolute Gasteiger partial charge is 0.479 e. The zero-order valence-electron chi connectivity index (χ0n) is 11.1. The third kappa shape index (κ3) is 2.84. The van der Waals surface area contributed by atoms with Crippen LogP contribution in [0.1, 0.15) is 37.3 Å². The van der Waals surface area contributed by atoms with Crippen molar-refractivity contribution >= 4 is 5.97 Å². The predicted octanol–water partition coefficient (Wildman–Crippen LogP) is 2.90. The Morgan fingerprint density at radius 3 is 2.83 bits per heavy atom. The molecule has 0 aliphatic heterocycles. The van der Waals surface area contributed by atoms with Crippen LogP contribution in [0.5, 0.6) is 5.75 Å². The van der Waals surface area contributed by atoms with E-state index in [2.05, 4.69) is 12.1 Å². The molecule has 98 valence electrons. The van der Waals surface area contributed by atoms with E-state index in [9.17, 15) is 4.79 Å². The molecule has 1 aliphatic carbocycles. The van der Waals surface area contributed by atoms with Crippen molar-refractivity contribution in [1.82, 2.24) is 0 Å². The zero-order valence-corrected chi connectivity index (χ0v) is 11.1. The molecule has 0 spiro atoms. The first-order valence-corrected chi connectivity index (χ1v) is 6.61. The molecular weight excluding hydrogens is 228 g/mol. The first kappa shape index (κ1) is 12.9. The van der Waals surface area contributed by atoms with Crippen molar-refractivity contribution < 1.29 is 14.3 Å². The summed E-state index contributed by atoms with van der Waals surface area (Å²) in [5.41, 5.74) is 2.76. The van der Waals surface area contributed by atoms with Gasteiger partial charge in [-0.3, -0.25) is 0 Å². The van der Waals surface area contributed by atoms with Crippen molar-refractivity contribution in [3.05, 3.63) is 29.3 Å². The average molecular weight is 248 g/mol. The highest BCUT2D eigenvalue weighted by Gasteiger charge is 2.21. The Morgan fingerprint density at radius 1 is 1.33 bits per heavy atom. The van der Waals surface area contributed by atoms with Crippen molar-refractivity contribution in [2.75, 3.05) is 7.11 Å². The van der Waals surface area contributed by atoms with Gasteiger partial charge in [-0.2, -0.15) is 0 Å². The second-order valence-corrected chi connectivity index (χ2v) is 4.70. The molecule has 2 rings (SSSR count). The van der Waals surface area contributed by atoms with Gasteiger partial charge >= 0.3 is 5.97 Å². The van der Waals surface area contributed by atoms with Crippen LogP contribution in [0.15, 0.2) is 18.2 Å². The SMILES string of the molecule is CCCC(Oc1ccc2c(c1)CCC2)C(=O)OC. The quantitative estimate of drug-likeness (QED) is 0.752. The van der Waals surface area contributed by atoms with Crippen LogP contribution in [-0.4, -0.2) is 19.2 Å². The van der Waals surface area contributed by atoms with Crippen LogP contribution in [-0.2, 0) is 22.4 Å². The molecule has 0 radical (unpaired) electrons. The molecule has 0 saturated carbocycles. The molecule has 0 amide bonds. The minimum absolute atomic E-state index is 0.294. The van der Waals surface area contributed by atoms with Crippen LogP contribution in [0, 0.1) is 0 Å². The molecule has 3 nitrogen and oxygen atoms in total. The van der Waals surface area contributed by atoms with Crippen LogP contribution in [0.25, 0.3) is 0 Å². The summed E-state index contributed by atoms with van der Waals surface area (Å²) >= 11 is 0. The lowest BCUT2D eigenvalue weighted by atomic mass is 10.1. The van der Waals surface area contributed by atoms with E-state index in [1.165, 1.54) is 24.7 Å². The number of rotatable bonds is 5. The second-order valence-electron chi connectivity index (χ2n) is 4.70. The Hall–Kier alpha value is -1.51. The maximum atomic E-state index is 11.6. The van der Waals surface area contributed by atoms with Gasteiger partial charge in [0.1, 0.15) is 5.75 Å². The lowest BCUT2D eigenvalue weighted by Crippen LogP contribution is -2.28. The van der Waals surface area contributed by atoms with E-state index < -0.39 is 6.10 Å². The number of hydrogen-bond acceptors (Lipinski definition) is 3. The molecule has 0 heterocycles. The average Bonchev–Trinajstić information content (AvgIpc) is 2.84. The fourth-order valence-corrected chi connectivity index (χ4v) is 2.40. The number of aryl methyl sites for hydroxylation is 2. The molecule has 1 unspecified atom stereocenters. The minimum atomic E-state index is -0.487. The first-order chi connectivity index (χ1) is 8.74. The molecule has 1 aliphatic rings. The molecule has 1 aromatic rings. The number of esters is 1. The maximum Gasteiger partial charge on any atom is 0.347 e. The Morgan fingerprint density at radius 2 is 2.11 bits per heavy atom. The molecular formula is C15H20O3. The maximum absolute atomic E-state index is 11.6. The van der Waals surface area contributed by atoms with Gasteiger partial charge in [0.2, 0.25) is 0 Å². The van der Waals surface area contributed by atoms with Crippen LogP contribution in [0.3, 0.4) is 0 Å². The number of carbonyl (C=O) groups excluding carboxylic acids is 1. The van der Waals surface area contributed by atoms with E-state index in [1.54, 1.807) is 0 Å². The summed E-state index contributed by atoms with van der Waals surface area (Å²) in [6.07, 6.45) is 4.58. The van der Waals surface area contributed by atoms with Crippen LogP contribution >= 0.6 is 0 Å². The van der Waals surface area contributed by atoms with Gasteiger partial charge in [0, 0.05) is 0 Å². The standard InChI is InChI=1S/C15H20O3/c1-3-5-14(15(16)17-2)18-13-9-8-11-6-4-7-12(11)10-13/h8-10,14H,3-7H2,1-2H3. The number of benzene rings is 1. The van der Waals surface area contributed by atoms with E-state index in [1.807, 2.05) is 13.0 Å². The summed E-state index contributed by atoms with van der Waals surface area (Å²) in [5, 5.41) is 0. The van der Waals surface area contributed by atoms with Gasteiger partial charge in [0.15, 0.2) is 6.10 Å². The highest BCUT2D eigenvalue weighted by molar-refractivity contribution is 5.74. The third-order valence-electron chi connectivity index (χ3n) is 3.36. The molecule has 0 N–H and O–H groups in total. The van der Waals surface area contributed by atoms with Gasteiger partial charge in [0.25, 0.3) is 0 Å². The molecule has 1 atom stereocenters. The normalized spacial score (nSPS) is 15.0. The van der Waals surface area contributed by atoms with Gasteiger partial charge in [-0.25, -0.2) is 4.79 Å². The van der Waals surface area contributed by atoms with Crippen molar-refractivity contribution in [1.29, 1.82) is 0 Å². The summed E-state index contributed by atoms with van der Waals surface area (Å²) < 4.78 is 10.5. The fourth-order valence-electron chi connectivity index (χ4n) is 2.40. The van der Waals surface area contributed by atoms with E-state index in [4.69, 9.17) is 9.47 Å². The van der Waals surface area contributed by atoms with Crippen molar-refractivity contribution in [3.63, 3.8) is 0 Å². The van der Waals surface area contributed by atoms with Crippen molar-refractivity contribution in [3.8, 4) is 5.75 Å². The predicted molar refractivity (Wildman–Crippen MR) is 69.8 cm³/mol. The van der Waals surface area contributed by atoms with Crippen LogP contribution in [0.4, 0.5) is 0 Å². The first-order valence-electron chi connectivity index (χ1n) is 6.61. The summed E-state index contributed by atoms with van der Waals surface area (Å²) in [7, 11) is 1.40. The Labute approximate surface area is 108 Å². The van der Waals surface area contributed by atoms with E-state index >= 15 is 0 Å². The third-order valence-corrected chi connectivity index (χ3v) is 3.36. The number of ether oxygens (including phenoxy) is 2. The highest BCUT2D eigenvalue weighted by atomic mass is 16.6. The number of fused-ring (bicyclic) bond motifs is 1. The zero-order chi connectivity index (χ0) is 13.0. The smallest absolute Gasteiger partial charge is 0.347 e. The number of methoxy groups -OCH3 is 1. The lowest BCUT2D eigenvalue weighted by molar-refractivity contribution is -0.149. The Balaban J connectivity index is 2.09. The summed E-state index contributed by atoms with van der Waals surface area (Å²) in [4.78, 5) is 11.6. The topological polar surface area (TPSA) is 35.5 Å². The number of carbonyl (C=O) groups is 1. The van der Waals surface area contributed by atoms with Gasteiger partial charge in [-0.15, -0.1) is 0 Å². The molecule has 0 bridgehead atoms. The minimum Gasteiger partial charge on any atom is -0.479 e. The second kappa shape index (κ2) is 5.89. The van der Waals surface area contributed by atoms with Crippen LogP contribution in [0.2, 0.25) is 0 Å². The van der Waals surface area contributed by atoms with Gasteiger partial charge < -0.3 is 9.47 Å². The molecule has 0 aromatic heterocycles.